The summed E-state index contributed by atoms with van der Waals surface area (Å²) in [7, 11) is 4.51. The van der Waals surface area contributed by atoms with Gasteiger partial charge in [0.05, 0.1) is 26.6 Å². The molecule has 1 aromatic heterocycles. The van der Waals surface area contributed by atoms with Gasteiger partial charge < -0.3 is 19.5 Å². The zero-order chi connectivity index (χ0) is 23.3. The average Bonchev–Trinajstić information content (AvgIpc) is 3.25. The predicted octanol–water partition coefficient (Wildman–Crippen LogP) is 3.06. The Labute approximate surface area is 190 Å². The van der Waals surface area contributed by atoms with Crippen LogP contribution in [-0.2, 0) is 4.79 Å². The van der Waals surface area contributed by atoms with E-state index in [0.29, 0.717) is 34.3 Å². The van der Waals surface area contributed by atoms with Gasteiger partial charge in [-0.1, -0.05) is 12.1 Å². The number of benzene rings is 2. The fourth-order valence-electron chi connectivity index (χ4n) is 2.97. The maximum absolute atomic E-state index is 12.9. The van der Waals surface area contributed by atoms with E-state index in [2.05, 4.69) is 38.4 Å². The number of carbonyl (C=O) groups is 2. The van der Waals surface area contributed by atoms with Gasteiger partial charge in [-0.3, -0.25) is 20.0 Å². The number of rotatable bonds is 8. The number of methoxy groups -OCH3 is 3. The Morgan fingerprint density at radius 1 is 1.03 bits per heavy atom. The lowest BCUT2D eigenvalue weighted by Gasteiger charge is -2.15. The average molecular weight is 458 g/mol. The van der Waals surface area contributed by atoms with Gasteiger partial charge in [0, 0.05) is 30.3 Å². The van der Waals surface area contributed by atoms with Crippen LogP contribution in [0.4, 0.5) is 11.6 Å². The van der Waals surface area contributed by atoms with Gasteiger partial charge in [0.25, 0.3) is 5.91 Å². The Hall–Kier alpha value is -3.73. The molecule has 1 heterocycles. The Balaban J connectivity index is 1.81. The van der Waals surface area contributed by atoms with Crippen molar-refractivity contribution in [1.82, 2.24) is 15.2 Å². The highest BCUT2D eigenvalue weighted by molar-refractivity contribution is 7.80. The molecular weight excluding hydrogens is 434 g/mol. The van der Waals surface area contributed by atoms with Crippen LogP contribution in [0.25, 0.3) is 0 Å². The number of aromatic amines is 1. The number of ether oxygens (including phenoxy) is 3. The predicted molar refractivity (Wildman–Crippen MR) is 122 cm³/mol. The van der Waals surface area contributed by atoms with E-state index < -0.39 is 5.25 Å². The standard InChI is InChI=1S/C21H23N5O5S/c1-11(27)22-21-24-19(25-26-21)18(32)12-6-5-7-13(8-12)20(28)23-14-9-15(29-2)17(31-4)16(10-14)30-3/h5-10,18,32H,1-4H3,(H,23,28)(H2,22,24,25,26,27). The lowest BCUT2D eigenvalue weighted by molar-refractivity contribution is -0.114. The second-order valence-corrected chi connectivity index (χ2v) is 7.14. The van der Waals surface area contributed by atoms with Crippen molar-refractivity contribution in [2.75, 3.05) is 32.0 Å². The van der Waals surface area contributed by atoms with Crippen LogP contribution in [0.1, 0.15) is 33.9 Å². The first kappa shape index (κ1) is 22.9. The van der Waals surface area contributed by atoms with Crippen molar-refractivity contribution < 1.29 is 23.8 Å². The first-order valence-electron chi connectivity index (χ1n) is 9.45. The number of hydrogen-bond donors (Lipinski definition) is 4. The number of nitrogens with zero attached hydrogens (tertiary/aromatic N) is 2. The first-order chi connectivity index (χ1) is 15.4. The van der Waals surface area contributed by atoms with E-state index in [1.807, 2.05) is 6.07 Å². The molecule has 0 saturated heterocycles. The maximum atomic E-state index is 12.9. The maximum Gasteiger partial charge on any atom is 0.255 e. The van der Waals surface area contributed by atoms with Crippen LogP contribution in [-0.4, -0.2) is 48.3 Å². The largest absolute Gasteiger partial charge is 0.493 e. The van der Waals surface area contributed by atoms with Crippen molar-refractivity contribution >= 4 is 36.1 Å². The molecule has 32 heavy (non-hydrogen) atoms. The lowest BCUT2D eigenvalue weighted by atomic mass is 10.1. The van der Waals surface area contributed by atoms with Gasteiger partial charge in [-0.25, -0.2) is 0 Å². The number of carbonyl (C=O) groups excluding carboxylic acids is 2. The number of nitrogens with one attached hydrogen (secondary N) is 3. The topological polar surface area (TPSA) is 127 Å². The van der Waals surface area contributed by atoms with Gasteiger partial charge in [-0.15, -0.1) is 5.10 Å². The quantitative estimate of drug-likeness (QED) is 0.383. The summed E-state index contributed by atoms with van der Waals surface area (Å²) in [5, 5.41) is 11.5. The van der Waals surface area contributed by atoms with Crippen LogP contribution >= 0.6 is 12.6 Å². The molecule has 0 spiro atoms. The summed E-state index contributed by atoms with van der Waals surface area (Å²) >= 11 is 4.58. The minimum atomic E-state index is -0.487. The SMILES string of the molecule is COc1cc(NC(=O)c2cccc(C(S)c3nc(NC(C)=O)n[nH]3)c2)cc(OC)c1OC. The third-order valence-corrected chi connectivity index (χ3v) is 4.98. The van der Waals surface area contributed by atoms with E-state index in [1.54, 1.807) is 30.3 Å². The van der Waals surface area contributed by atoms with E-state index in [9.17, 15) is 9.59 Å². The molecule has 0 aliphatic heterocycles. The summed E-state index contributed by atoms with van der Waals surface area (Å²) in [5.74, 6) is 1.24. The molecule has 11 heteroatoms. The molecule has 168 valence electrons. The van der Waals surface area contributed by atoms with Gasteiger partial charge >= 0.3 is 0 Å². The highest BCUT2D eigenvalue weighted by atomic mass is 32.1. The summed E-state index contributed by atoms with van der Waals surface area (Å²) < 4.78 is 15.9. The second-order valence-electron chi connectivity index (χ2n) is 6.62. The van der Waals surface area contributed by atoms with Crippen LogP contribution in [0.2, 0.25) is 0 Å². The molecule has 0 aliphatic carbocycles. The van der Waals surface area contributed by atoms with Crippen molar-refractivity contribution in [3.8, 4) is 17.2 Å². The fourth-order valence-corrected chi connectivity index (χ4v) is 3.25. The van der Waals surface area contributed by atoms with Crippen molar-refractivity contribution in [2.45, 2.75) is 12.2 Å². The zero-order valence-corrected chi connectivity index (χ0v) is 18.8. The Bertz CT molecular complexity index is 1110. The van der Waals surface area contributed by atoms with Gasteiger partial charge in [0.15, 0.2) is 11.5 Å². The number of hydrogen-bond acceptors (Lipinski definition) is 8. The molecule has 1 atom stereocenters. The van der Waals surface area contributed by atoms with Crippen LogP contribution in [0.5, 0.6) is 17.2 Å². The number of aromatic nitrogens is 3. The highest BCUT2D eigenvalue weighted by Crippen LogP contribution is 2.40. The van der Waals surface area contributed by atoms with Crippen LogP contribution in [0.3, 0.4) is 0 Å². The van der Waals surface area contributed by atoms with Gasteiger partial charge in [-0.2, -0.15) is 17.6 Å². The monoisotopic (exact) mass is 457 g/mol. The Morgan fingerprint density at radius 3 is 2.31 bits per heavy atom. The van der Waals surface area contributed by atoms with E-state index in [1.165, 1.54) is 28.3 Å². The molecule has 1 unspecified atom stereocenters. The summed E-state index contributed by atoms with van der Waals surface area (Å²) in [6.45, 7) is 1.37. The molecule has 3 N–H and O–H groups in total. The molecule has 2 amide bonds. The van der Waals surface area contributed by atoms with E-state index in [0.717, 1.165) is 5.56 Å². The summed E-state index contributed by atoms with van der Waals surface area (Å²) in [6.07, 6.45) is 0. The molecule has 10 nitrogen and oxygen atoms in total. The smallest absolute Gasteiger partial charge is 0.255 e. The Morgan fingerprint density at radius 2 is 1.72 bits per heavy atom. The Kier molecular flexibility index (Phi) is 7.21. The lowest BCUT2D eigenvalue weighted by Crippen LogP contribution is -2.13. The summed E-state index contributed by atoms with van der Waals surface area (Å²) in [6, 6.07) is 10.2. The van der Waals surface area contributed by atoms with Gasteiger partial charge in [-0.05, 0) is 17.7 Å². The molecule has 0 bridgehead atoms. The van der Waals surface area contributed by atoms with Crippen LogP contribution in [0, 0.1) is 0 Å². The third kappa shape index (κ3) is 5.11. The molecule has 0 saturated carbocycles. The van der Waals surface area contributed by atoms with E-state index in [-0.39, 0.29) is 17.8 Å². The first-order valence-corrected chi connectivity index (χ1v) is 9.97. The van der Waals surface area contributed by atoms with E-state index >= 15 is 0 Å². The molecule has 3 rings (SSSR count). The van der Waals surface area contributed by atoms with Crippen LogP contribution in [0.15, 0.2) is 36.4 Å². The van der Waals surface area contributed by atoms with Crippen molar-refractivity contribution in [3.05, 3.63) is 53.3 Å². The fraction of sp³-hybridized carbons (Fsp3) is 0.238. The number of anilines is 2. The minimum absolute atomic E-state index is 0.155. The van der Waals surface area contributed by atoms with Crippen LogP contribution < -0.4 is 24.8 Å². The normalized spacial score (nSPS) is 11.4. The second kappa shape index (κ2) is 10.1. The minimum Gasteiger partial charge on any atom is -0.493 e. The summed E-state index contributed by atoms with van der Waals surface area (Å²) in [4.78, 5) is 28.2. The molecular formula is C21H23N5O5S. The number of thiol groups is 1. The molecule has 3 aromatic rings. The third-order valence-electron chi connectivity index (χ3n) is 4.44. The van der Waals surface area contributed by atoms with Crippen molar-refractivity contribution in [3.63, 3.8) is 0 Å². The zero-order valence-electron chi connectivity index (χ0n) is 17.9. The van der Waals surface area contributed by atoms with Crippen molar-refractivity contribution in [1.29, 1.82) is 0 Å². The summed E-state index contributed by atoms with van der Waals surface area (Å²) in [5.41, 5.74) is 1.61. The molecule has 0 radical (unpaired) electrons. The van der Waals surface area contributed by atoms with Gasteiger partial charge in [0.2, 0.25) is 17.6 Å². The van der Waals surface area contributed by atoms with E-state index in [4.69, 9.17) is 14.2 Å². The molecule has 0 fully saturated rings. The van der Waals surface area contributed by atoms with Gasteiger partial charge in [0.1, 0.15) is 5.82 Å². The number of H-pyrrole nitrogens is 1. The molecule has 0 aliphatic rings. The molecule has 2 aromatic carbocycles. The number of amides is 2. The highest BCUT2D eigenvalue weighted by Gasteiger charge is 2.18. The van der Waals surface area contributed by atoms with Crippen molar-refractivity contribution in [2.24, 2.45) is 0 Å².